The molecule has 1 aliphatic rings. The summed E-state index contributed by atoms with van der Waals surface area (Å²) in [6, 6.07) is 4.95. The second-order valence-corrected chi connectivity index (χ2v) is 6.20. The van der Waals surface area contributed by atoms with Gasteiger partial charge in [-0.05, 0) is 12.2 Å². The number of carbonyl (C=O) groups excluding carboxylic acids is 1. The van der Waals surface area contributed by atoms with Crippen molar-refractivity contribution >= 4 is 23.5 Å². The van der Waals surface area contributed by atoms with Crippen molar-refractivity contribution in [3.05, 3.63) is 18.2 Å². The molecular weight excluding hydrogens is 304 g/mol. The Kier molecular flexibility index (Phi) is 5.79. The van der Waals surface area contributed by atoms with Gasteiger partial charge in [0.25, 0.3) is 0 Å². The number of hydrogen-bond donors (Lipinski definition) is 2. The van der Waals surface area contributed by atoms with Crippen molar-refractivity contribution in [3.8, 4) is 11.5 Å². The zero-order valence-corrected chi connectivity index (χ0v) is 13.9. The number of hydrogen-bond acceptors (Lipinski definition) is 5. The van der Waals surface area contributed by atoms with Crippen LogP contribution in [0.1, 0.15) is 6.42 Å². The zero-order chi connectivity index (χ0) is 16.0. The monoisotopic (exact) mass is 326 g/mol. The Morgan fingerprint density at radius 3 is 2.41 bits per heavy atom. The highest BCUT2D eigenvalue weighted by Gasteiger charge is 2.34. The third-order valence-electron chi connectivity index (χ3n) is 3.68. The van der Waals surface area contributed by atoms with Gasteiger partial charge in [0.1, 0.15) is 11.5 Å². The van der Waals surface area contributed by atoms with Gasteiger partial charge >= 0.3 is 6.03 Å². The smallest absolute Gasteiger partial charge is 0.319 e. The van der Waals surface area contributed by atoms with E-state index in [0.717, 1.165) is 17.9 Å². The molecule has 0 aliphatic carbocycles. The molecule has 0 aromatic heterocycles. The molecule has 1 heterocycles. The van der Waals surface area contributed by atoms with E-state index in [1.807, 2.05) is 11.8 Å². The fourth-order valence-electron chi connectivity index (χ4n) is 2.26. The minimum Gasteiger partial charge on any atom is -0.497 e. The van der Waals surface area contributed by atoms with Crippen LogP contribution in [0.5, 0.6) is 11.5 Å². The predicted molar refractivity (Wildman–Crippen MR) is 88.2 cm³/mol. The number of nitrogens with one attached hydrogen (secondary N) is 2. The number of urea groups is 1. The first-order chi connectivity index (χ1) is 10.6. The molecule has 1 aromatic carbocycles. The molecule has 0 saturated carbocycles. The fourth-order valence-corrected chi connectivity index (χ4v) is 3.65. The van der Waals surface area contributed by atoms with Crippen LogP contribution in [-0.2, 0) is 4.74 Å². The summed E-state index contributed by atoms with van der Waals surface area (Å²) in [5, 5.41) is 5.65. The second kappa shape index (κ2) is 7.60. The van der Waals surface area contributed by atoms with Crippen LogP contribution < -0.4 is 20.1 Å². The van der Waals surface area contributed by atoms with Crippen molar-refractivity contribution in [1.29, 1.82) is 0 Å². The van der Waals surface area contributed by atoms with Gasteiger partial charge in [-0.25, -0.2) is 4.79 Å². The summed E-state index contributed by atoms with van der Waals surface area (Å²) in [4.78, 5) is 12.1. The van der Waals surface area contributed by atoms with Gasteiger partial charge in [0.05, 0.1) is 19.8 Å². The summed E-state index contributed by atoms with van der Waals surface area (Å²) in [7, 11) is 4.83. The third-order valence-corrected chi connectivity index (χ3v) is 4.90. The molecule has 1 saturated heterocycles. The first-order valence-corrected chi connectivity index (χ1v) is 8.17. The van der Waals surface area contributed by atoms with E-state index in [1.165, 1.54) is 0 Å². The van der Waals surface area contributed by atoms with Crippen LogP contribution in [0, 0.1) is 0 Å². The first kappa shape index (κ1) is 16.8. The maximum absolute atomic E-state index is 12.1. The Balaban J connectivity index is 1.94. The Labute approximate surface area is 134 Å². The highest BCUT2D eigenvalue weighted by molar-refractivity contribution is 7.99. The molecule has 22 heavy (non-hydrogen) atoms. The lowest BCUT2D eigenvalue weighted by Crippen LogP contribution is -2.45. The molecule has 122 valence electrons. The number of carbonyl (C=O) groups is 1. The summed E-state index contributed by atoms with van der Waals surface area (Å²) in [5.74, 6) is 3.20. The molecule has 1 fully saturated rings. The van der Waals surface area contributed by atoms with Crippen molar-refractivity contribution in [2.75, 3.05) is 44.7 Å². The van der Waals surface area contributed by atoms with Gasteiger partial charge in [-0.2, -0.15) is 11.8 Å². The number of rotatable bonds is 6. The van der Waals surface area contributed by atoms with Crippen molar-refractivity contribution in [1.82, 2.24) is 5.32 Å². The molecule has 0 spiro atoms. The van der Waals surface area contributed by atoms with E-state index in [4.69, 9.17) is 14.2 Å². The molecule has 1 unspecified atom stereocenters. The standard InChI is InChI=1S/C15H22N2O4S/c1-19-12-6-11(7-13(8-12)20-2)17-14(18)16-9-15(21-3)4-5-22-10-15/h6-8H,4-5,9-10H2,1-3H3,(H2,16,17,18). The highest BCUT2D eigenvalue weighted by Crippen LogP contribution is 2.30. The van der Waals surface area contributed by atoms with Gasteiger partial charge in [-0.1, -0.05) is 0 Å². The van der Waals surface area contributed by atoms with Crippen LogP contribution in [0.4, 0.5) is 10.5 Å². The molecule has 6 nitrogen and oxygen atoms in total. The summed E-state index contributed by atoms with van der Waals surface area (Å²) in [6.45, 7) is 0.490. The maximum Gasteiger partial charge on any atom is 0.319 e. The Morgan fingerprint density at radius 1 is 1.23 bits per heavy atom. The Bertz CT molecular complexity index is 496. The summed E-state index contributed by atoms with van der Waals surface area (Å²) >= 11 is 1.84. The molecule has 1 aliphatic heterocycles. The largest absolute Gasteiger partial charge is 0.497 e. The minimum absolute atomic E-state index is 0.256. The number of benzene rings is 1. The number of amides is 2. The summed E-state index contributed by atoms with van der Waals surface area (Å²) in [6.07, 6.45) is 0.946. The summed E-state index contributed by atoms with van der Waals surface area (Å²) < 4.78 is 15.9. The maximum atomic E-state index is 12.1. The van der Waals surface area contributed by atoms with Crippen molar-refractivity contribution in [2.45, 2.75) is 12.0 Å². The van der Waals surface area contributed by atoms with Gasteiger partial charge in [-0.15, -0.1) is 0 Å². The second-order valence-electron chi connectivity index (χ2n) is 5.10. The van der Waals surface area contributed by atoms with Crippen molar-refractivity contribution in [2.24, 2.45) is 0 Å². The van der Waals surface area contributed by atoms with Crippen LogP contribution in [0.15, 0.2) is 18.2 Å². The van der Waals surface area contributed by atoms with E-state index in [0.29, 0.717) is 23.7 Å². The lowest BCUT2D eigenvalue weighted by molar-refractivity contribution is 0.0161. The first-order valence-electron chi connectivity index (χ1n) is 7.01. The fraction of sp³-hybridized carbons (Fsp3) is 0.533. The van der Waals surface area contributed by atoms with Gasteiger partial charge in [0.2, 0.25) is 0 Å². The third kappa shape index (κ3) is 4.20. The average Bonchev–Trinajstić information content (AvgIpc) is 3.02. The number of methoxy groups -OCH3 is 3. The molecule has 7 heteroatoms. The van der Waals surface area contributed by atoms with E-state index in [-0.39, 0.29) is 11.6 Å². The van der Waals surface area contributed by atoms with Crippen molar-refractivity contribution in [3.63, 3.8) is 0 Å². The number of thioether (sulfide) groups is 1. The predicted octanol–water partition coefficient (Wildman–Crippen LogP) is 2.35. The van der Waals surface area contributed by atoms with Crippen LogP contribution >= 0.6 is 11.8 Å². The van der Waals surface area contributed by atoms with E-state index in [2.05, 4.69) is 10.6 Å². The van der Waals surface area contributed by atoms with Crippen LogP contribution in [0.25, 0.3) is 0 Å². The SMILES string of the molecule is COc1cc(NC(=O)NCC2(OC)CCSC2)cc(OC)c1. The molecular formula is C15H22N2O4S. The minimum atomic E-state index is -0.274. The average molecular weight is 326 g/mol. The highest BCUT2D eigenvalue weighted by atomic mass is 32.2. The number of anilines is 1. The lowest BCUT2D eigenvalue weighted by Gasteiger charge is -2.26. The molecule has 0 radical (unpaired) electrons. The zero-order valence-electron chi connectivity index (χ0n) is 13.1. The van der Waals surface area contributed by atoms with Gasteiger partial charge in [0.15, 0.2) is 0 Å². The molecule has 2 amide bonds. The molecule has 2 N–H and O–H groups in total. The Morgan fingerprint density at radius 2 is 1.91 bits per heavy atom. The molecule has 1 atom stereocenters. The molecule has 1 aromatic rings. The number of ether oxygens (including phenoxy) is 3. The van der Waals surface area contributed by atoms with Crippen molar-refractivity contribution < 1.29 is 19.0 Å². The lowest BCUT2D eigenvalue weighted by atomic mass is 10.0. The van der Waals surface area contributed by atoms with Crippen LogP contribution in [-0.4, -0.2) is 51.0 Å². The van der Waals surface area contributed by atoms with E-state index >= 15 is 0 Å². The van der Waals surface area contributed by atoms with Crippen LogP contribution in [0.3, 0.4) is 0 Å². The quantitative estimate of drug-likeness (QED) is 0.840. The van der Waals surface area contributed by atoms with Crippen LogP contribution in [0.2, 0.25) is 0 Å². The van der Waals surface area contributed by atoms with E-state index in [1.54, 1.807) is 39.5 Å². The van der Waals surface area contributed by atoms with Gasteiger partial charge in [-0.3, -0.25) is 0 Å². The van der Waals surface area contributed by atoms with Gasteiger partial charge < -0.3 is 24.8 Å². The normalized spacial score (nSPS) is 20.5. The molecule has 0 bridgehead atoms. The van der Waals surface area contributed by atoms with E-state index < -0.39 is 0 Å². The van der Waals surface area contributed by atoms with Gasteiger partial charge in [0, 0.05) is 43.3 Å². The summed E-state index contributed by atoms with van der Waals surface area (Å²) in [5.41, 5.74) is 0.356. The topological polar surface area (TPSA) is 68.8 Å². The molecule has 2 rings (SSSR count). The Hall–Kier alpha value is -1.60. The van der Waals surface area contributed by atoms with E-state index in [9.17, 15) is 4.79 Å².